The fourth-order valence-electron chi connectivity index (χ4n) is 5.76. The van der Waals surface area contributed by atoms with Gasteiger partial charge in [0.2, 0.25) is 11.7 Å². The molecule has 1 aliphatic carbocycles. The number of hydrogen-bond donors (Lipinski definition) is 2. The number of nitrogens with zero attached hydrogens (tertiary/aromatic N) is 4. The standard InChI is InChI=1S/C27H26N4O5/c1-30-25(33)23(32)21(24-28-19-8-4-5-9-20(19)36-24)29-27(30)31-13-12-16-14-17(26(34)35)10-11-18(16)22(31)15-6-2-3-7-15/h4-5,8-11,14-15,22,32H,2-3,6-7,12-13H2,1H3,(H,34,35)/t22-/m0/s1. The Balaban J connectivity index is 1.50. The van der Waals surface area contributed by atoms with Gasteiger partial charge in [-0.05, 0) is 60.6 Å². The topological polar surface area (TPSA) is 122 Å². The van der Waals surface area contributed by atoms with Crippen LogP contribution in [-0.4, -0.2) is 37.3 Å². The van der Waals surface area contributed by atoms with Crippen LogP contribution in [0.15, 0.2) is 51.7 Å². The summed E-state index contributed by atoms with van der Waals surface area (Å²) in [7, 11) is 1.61. The Bertz CT molecular complexity index is 1520. The van der Waals surface area contributed by atoms with Gasteiger partial charge >= 0.3 is 5.97 Å². The molecule has 2 aliphatic rings. The monoisotopic (exact) mass is 486 g/mol. The number of carboxylic acids is 1. The Labute approximate surface area is 206 Å². The van der Waals surface area contributed by atoms with Gasteiger partial charge in [-0.25, -0.2) is 14.8 Å². The highest BCUT2D eigenvalue weighted by Gasteiger charge is 2.38. The Kier molecular flexibility index (Phi) is 5.28. The van der Waals surface area contributed by atoms with E-state index < -0.39 is 17.3 Å². The zero-order valence-electron chi connectivity index (χ0n) is 19.8. The first kappa shape index (κ1) is 22.3. The lowest BCUT2D eigenvalue weighted by atomic mass is 9.83. The first-order chi connectivity index (χ1) is 17.4. The van der Waals surface area contributed by atoms with E-state index in [1.165, 1.54) is 4.57 Å². The zero-order valence-corrected chi connectivity index (χ0v) is 19.8. The molecule has 1 fully saturated rings. The van der Waals surface area contributed by atoms with Crippen molar-refractivity contribution in [3.8, 4) is 17.3 Å². The van der Waals surface area contributed by atoms with Crippen LogP contribution < -0.4 is 10.5 Å². The summed E-state index contributed by atoms with van der Waals surface area (Å²) in [5, 5.41) is 20.2. The second-order valence-corrected chi connectivity index (χ2v) is 9.61. The molecule has 0 radical (unpaired) electrons. The van der Waals surface area contributed by atoms with E-state index in [4.69, 9.17) is 9.40 Å². The molecule has 1 aliphatic heterocycles. The van der Waals surface area contributed by atoms with Gasteiger partial charge in [0.15, 0.2) is 11.3 Å². The first-order valence-electron chi connectivity index (χ1n) is 12.2. The molecule has 0 amide bonds. The molecule has 4 aromatic rings. The van der Waals surface area contributed by atoms with Gasteiger partial charge in [0.1, 0.15) is 5.52 Å². The third-order valence-corrected chi connectivity index (χ3v) is 7.51. The Morgan fingerprint density at radius 2 is 1.89 bits per heavy atom. The highest BCUT2D eigenvalue weighted by molar-refractivity contribution is 5.88. The molecule has 9 nitrogen and oxygen atoms in total. The van der Waals surface area contributed by atoms with Gasteiger partial charge in [-0.2, -0.15) is 0 Å². The summed E-state index contributed by atoms with van der Waals surface area (Å²) < 4.78 is 7.21. The molecule has 184 valence electrons. The van der Waals surface area contributed by atoms with Crippen LogP contribution in [0.5, 0.6) is 5.75 Å². The molecular formula is C27H26N4O5. The number of anilines is 1. The summed E-state index contributed by atoms with van der Waals surface area (Å²) in [6.07, 6.45) is 4.98. The second-order valence-electron chi connectivity index (χ2n) is 9.61. The summed E-state index contributed by atoms with van der Waals surface area (Å²) >= 11 is 0. The maximum atomic E-state index is 13.1. The first-order valence-corrected chi connectivity index (χ1v) is 12.2. The van der Waals surface area contributed by atoms with Crippen LogP contribution in [0.4, 0.5) is 5.95 Å². The lowest BCUT2D eigenvalue weighted by molar-refractivity contribution is 0.0696. The summed E-state index contributed by atoms with van der Waals surface area (Å²) in [4.78, 5) is 36.0. The number of aromatic carboxylic acids is 1. The second kappa shape index (κ2) is 8.51. The smallest absolute Gasteiger partial charge is 0.335 e. The molecule has 2 N–H and O–H groups in total. The number of aromatic nitrogens is 3. The zero-order chi connectivity index (χ0) is 25.0. The van der Waals surface area contributed by atoms with Gasteiger partial charge in [0.25, 0.3) is 11.4 Å². The van der Waals surface area contributed by atoms with Gasteiger partial charge in [0.05, 0.1) is 11.6 Å². The highest BCUT2D eigenvalue weighted by Crippen LogP contribution is 2.45. The van der Waals surface area contributed by atoms with Crippen molar-refractivity contribution in [3.05, 3.63) is 69.5 Å². The van der Waals surface area contributed by atoms with Crippen LogP contribution in [0.3, 0.4) is 0 Å². The Hall–Kier alpha value is -4.14. The number of benzene rings is 2. The van der Waals surface area contributed by atoms with Gasteiger partial charge in [0, 0.05) is 13.6 Å². The van der Waals surface area contributed by atoms with Crippen LogP contribution >= 0.6 is 0 Å². The summed E-state index contributed by atoms with van der Waals surface area (Å²) in [5.41, 5.74) is 2.97. The molecule has 2 aromatic carbocycles. The van der Waals surface area contributed by atoms with E-state index in [0.717, 1.165) is 36.8 Å². The molecule has 6 rings (SSSR count). The van der Waals surface area contributed by atoms with Crippen LogP contribution in [0, 0.1) is 5.92 Å². The number of carbonyl (C=O) groups is 1. The largest absolute Gasteiger partial charge is 0.501 e. The molecule has 0 unspecified atom stereocenters. The lowest BCUT2D eigenvalue weighted by Gasteiger charge is -2.42. The van der Waals surface area contributed by atoms with Crippen molar-refractivity contribution in [2.75, 3.05) is 11.4 Å². The van der Waals surface area contributed by atoms with E-state index in [2.05, 4.69) is 9.88 Å². The fraction of sp³-hybridized carbons (Fsp3) is 0.333. The van der Waals surface area contributed by atoms with Crippen molar-refractivity contribution in [1.82, 2.24) is 14.5 Å². The number of carboxylic acid groups (broad SMARTS) is 1. The summed E-state index contributed by atoms with van der Waals surface area (Å²) in [5.74, 6) is -0.580. The molecule has 9 heteroatoms. The highest BCUT2D eigenvalue weighted by atomic mass is 16.4. The fourth-order valence-corrected chi connectivity index (χ4v) is 5.76. The van der Waals surface area contributed by atoms with Gasteiger partial charge < -0.3 is 19.5 Å². The van der Waals surface area contributed by atoms with Crippen molar-refractivity contribution < 1.29 is 19.4 Å². The van der Waals surface area contributed by atoms with Crippen LogP contribution in [0.2, 0.25) is 0 Å². The maximum Gasteiger partial charge on any atom is 0.335 e. The molecule has 0 saturated heterocycles. The number of aromatic hydroxyl groups is 1. The Morgan fingerprint density at radius 1 is 1.11 bits per heavy atom. The SMILES string of the molecule is Cn1c(N2CCc3cc(C(=O)O)ccc3[C@@H]2C2CCCC2)nc(-c2nc3ccccc3o2)c(O)c1=O. The van der Waals surface area contributed by atoms with E-state index in [0.29, 0.717) is 35.9 Å². The number of rotatable bonds is 4. The quantitative estimate of drug-likeness (QED) is 0.438. The third kappa shape index (κ3) is 3.54. The van der Waals surface area contributed by atoms with Crippen LogP contribution in [-0.2, 0) is 13.5 Å². The predicted molar refractivity (Wildman–Crippen MR) is 133 cm³/mol. The number of para-hydroxylation sites is 2. The lowest BCUT2D eigenvalue weighted by Crippen LogP contribution is -2.42. The minimum atomic E-state index is -0.941. The van der Waals surface area contributed by atoms with Crippen molar-refractivity contribution in [1.29, 1.82) is 0 Å². The van der Waals surface area contributed by atoms with Crippen LogP contribution in [0.25, 0.3) is 22.7 Å². The molecule has 3 heterocycles. The summed E-state index contributed by atoms with van der Waals surface area (Å²) in [6.45, 7) is 0.565. The molecule has 0 spiro atoms. The molecule has 36 heavy (non-hydrogen) atoms. The molecule has 1 atom stereocenters. The van der Waals surface area contributed by atoms with E-state index in [1.54, 1.807) is 31.3 Å². The van der Waals surface area contributed by atoms with E-state index in [1.807, 2.05) is 18.2 Å². The van der Waals surface area contributed by atoms with Gasteiger partial charge in [-0.15, -0.1) is 0 Å². The Morgan fingerprint density at radius 3 is 2.64 bits per heavy atom. The average Bonchev–Trinajstić information content (AvgIpc) is 3.57. The number of hydrogen-bond acceptors (Lipinski definition) is 7. The summed E-state index contributed by atoms with van der Waals surface area (Å²) in [6, 6.07) is 12.5. The molecular weight excluding hydrogens is 460 g/mol. The predicted octanol–water partition coefficient (Wildman–Crippen LogP) is 4.29. The number of fused-ring (bicyclic) bond motifs is 2. The molecule has 2 aromatic heterocycles. The van der Waals surface area contributed by atoms with Crippen molar-refractivity contribution in [3.63, 3.8) is 0 Å². The van der Waals surface area contributed by atoms with Crippen LogP contribution in [0.1, 0.15) is 53.2 Å². The average molecular weight is 487 g/mol. The number of oxazole rings is 1. The normalized spacial score (nSPS) is 18.0. The molecule has 0 bridgehead atoms. The van der Waals surface area contributed by atoms with Crippen molar-refractivity contribution >= 4 is 23.0 Å². The van der Waals surface area contributed by atoms with Crippen molar-refractivity contribution in [2.24, 2.45) is 13.0 Å². The van der Waals surface area contributed by atoms with Gasteiger partial charge in [-0.1, -0.05) is 31.0 Å². The maximum absolute atomic E-state index is 13.1. The van der Waals surface area contributed by atoms with Crippen molar-refractivity contribution in [2.45, 2.75) is 38.1 Å². The van der Waals surface area contributed by atoms with Gasteiger partial charge in [-0.3, -0.25) is 9.36 Å². The van der Waals surface area contributed by atoms with E-state index in [-0.39, 0.29) is 23.2 Å². The van der Waals surface area contributed by atoms with E-state index >= 15 is 0 Å². The van der Waals surface area contributed by atoms with E-state index in [9.17, 15) is 19.8 Å². The molecule has 1 saturated carbocycles. The minimum absolute atomic E-state index is 0.0153. The minimum Gasteiger partial charge on any atom is -0.501 e. The third-order valence-electron chi connectivity index (χ3n) is 7.51.